The van der Waals surface area contributed by atoms with E-state index in [4.69, 9.17) is 0 Å². The summed E-state index contributed by atoms with van der Waals surface area (Å²) < 4.78 is 1.78. The summed E-state index contributed by atoms with van der Waals surface area (Å²) in [5.74, 6) is -0.179. The highest BCUT2D eigenvalue weighted by molar-refractivity contribution is 5.94. The van der Waals surface area contributed by atoms with Crippen LogP contribution in [-0.4, -0.2) is 32.5 Å². The van der Waals surface area contributed by atoms with Gasteiger partial charge >= 0.3 is 0 Å². The normalized spacial score (nSPS) is 17.5. The third-order valence-electron chi connectivity index (χ3n) is 4.03. The summed E-state index contributed by atoms with van der Waals surface area (Å²) in [4.78, 5) is 16.7. The Labute approximate surface area is 117 Å². The summed E-state index contributed by atoms with van der Waals surface area (Å²) in [7, 11) is 0. The number of nitrogens with zero attached hydrogens (tertiary/aromatic N) is 2. The van der Waals surface area contributed by atoms with E-state index in [-0.39, 0.29) is 5.91 Å². The van der Waals surface area contributed by atoms with E-state index in [0.29, 0.717) is 17.9 Å². The molecule has 2 aromatic rings. The van der Waals surface area contributed by atoms with Gasteiger partial charge in [0, 0.05) is 12.7 Å². The van der Waals surface area contributed by atoms with E-state index in [1.54, 1.807) is 4.40 Å². The molecule has 1 aliphatic rings. The van der Waals surface area contributed by atoms with E-state index >= 15 is 0 Å². The summed E-state index contributed by atoms with van der Waals surface area (Å²) in [5, 5.41) is 13.1. The van der Waals surface area contributed by atoms with Crippen molar-refractivity contribution in [3.8, 4) is 0 Å². The Bertz CT molecular complexity index is 642. The van der Waals surface area contributed by atoms with E-state index in [2.05, 4.69) is 10.3 Å². The second kappa shape index (κ2) is 4.90. The number of hydrogen-bond acceptors (Lipinski definition) is 3. The van der Waals surface area contributed by atoms with Crippen LogP contribution in [0.5, 0.6) is 0 Å². The number of aromatic nitrogens is 2. The van der Waals surface area contributed by atoms with Gasteiger partial charge < -0.3 is 10.4 Å². The van der Waals surface area contributed by atoms with Crippen molar-refractivity contribution in [2.75, 3.05) is 6.54 Å². The molecule has 2 aromatic heterocycles. The zero-order valence-electron chi connectivity index (χ0n) is 11.6. The van der Waals surface area contributed by atoms with Gasteiger partial charge in [0.15, 0.2) is 0 Å². The molecule has 1 aliphatic carbocycles. The van der Waals surface area contributed by atoms with Crippen LogP contribution in [0.3, 0.4) is 0 Å². The molecule has 106 valence electrons. The van der Waals surface area contributed by atoms with Crippen molar-refractivity contribution in [2.24, 2.45) is 0 Å². The van der Waals surface area contributed by atoms with Crippen LogP contribution in [0.25, 0.3) is 5.65 Å². The van der Waals surface area contributed by atoms with Crippen LogP contribution in [0, 0.1) is 6.92 Å². The van der Waals surface area contributed by atoms with Gasteiger partial charge in [0.05, 0.1) is 11.3 Å². The molecular formula is C15H19N3O2. The molecule has 5 heteroatoms. The Morgan fingerprint density at radius 3 is 2.95 bits per heavy atom. The molecule has 0 radical (unpaired) electrons. The summed E-state index contributed by atoms with van der Waals surface area (Å²) in [6.07, 6.45) is 5.41. The fourth-order valence-electron chi connectivity index (χ4n) is 2.93. The first-order valence-electron chi connectivity index (χ1n) is 7.03. The molecule has 1 fully saturated rings. The van der Waals surface area contributed by atoms with Gasteiger partial charge in [0.2, 0.25) is 0 Å². The number of carbonyl (C=O) groups is 1. The van der Waals surface area contributed by atoms with E-state index in [0.717, 1.165) is 31.3 Å². The van der Waals surface area contributed by atoms with E-state index in [1.807, 2.05) is 31.3 Å². The minimum atomic E-state index is -0.732. The zero-order chi connectivity index (χ0) is 14.2. The summed E-state index contributed by atoms with van der Waals surface area (Å²) >= 11 is 0. The second-order valence-electron chi connectivity index (χ2n) is 5.59. The number of amides is 1. The molecule has 5 nitrogen and oxygen atoms in total. The summed E-state index contributed by atoms with van der Waals surface area (Å²) in [6.45, 7) is 2.14. The lowest BCUT2D eigenvalue weighted by Gasteiger charge is -2.22. The van der Waals surface area contributed by atoms with Crippen molar-refractivity contribution in [2.45, 2.75) is 38.2 Å². The fourth-order valence-corrected chi connectivity index (χ4v) is 2.93. The van der Waals surface area contributed by atoms with Crippen molar-refractivity contribution >= 4 is 11.6 Å². The Hall–Kier alpha value is -1.88. The molecule has 0 saturated heterocycles. The predicted octanol–water partition coefficient (Wildman–Crippen LogP) is 1.68. The maximum absolute atomic E-state index is 12.4. The second-order valence-corrected chi connectivity index (χ2v) is 5.59. The van der Waals surface area contributed by atoms with Crippen molar-refractivity contribution in [1.82, 2.24) is 14.7 Å². The number of nitrogens with one attached hydrogen (secondary N) is 1. The van der Waals surface area contributed by atoms with E-state index < -0.39 is 5.60 Å². The van der Waals surface area contributed by atoms with Crippen molar-refractivity contribution in [3.05, 3.63) is 35.8 Å². The molecule has 0 spiro atoms. The fraction of sp³-hybridized carbons (Fsp3) is 0.467. The Morgan fingerprint density at radius 2 is 2.20 bits per heavy atom. The minimum absolute atomic E-state index is 0.179. The Balaban J connectivity index is 1.80. The van der Waals surface area contributed by atoms with Crippen LogP contribution >= 0.6 is 0 Å². The largest absolute Gasteiger partial charge is 0.388 e. The van der Waals surface area contributed by atoms with E-state index in [1.165, 1.54) is 0 Å². The monoisotopic (exact) mass is 273 g/mol. The van der Waals surface area contributed by atoms with Crippen LogP contribution < -0.4 is 5.32 Å². The Kier molecular flexibility index (Phi) is 3.22. The maximum Gasteiger partial charge on any atom is 0.270 e. The van der Waals surface area contributed by atoms with E-state index in [9.17, 15) is 9.90 Å². The standard InChI is InChI=1S/C15H19N3O2/c1-11-13(18-9-5-2-6-12(18)17-11)14(19)16-10-15(20)7-3-4-8-15/h2,5-6,9,20H,3-4,7-8,10H2,1H3,(H,16,19). The first-order valence-corrected chi connectivity index (χ1v) is 7.03. The average molecular weight is 273 g/mol. The van der Waals surface area contributed by atoms with Gasteiger partial charge in [-0.1, -0.05) is 18.9 Å². The van der Waals surface area contributed by atoms with Gasteiger partial charge in [0.1, 0.15) is 11.3 Å². The lowest BCUT2D eigenvalue weighted by Crippen LogP contribution is -2.41. The highest BCUT2D eigenvalue weighted by atomic mass is 16.3. The first kappa shape index (κ1) is 13.1. The van der Waals surface area contributed by atoms with Crippen LogP contribution in [0.2, 0.25) is 0 Å². The minimum Gasteiger partial charge on any atom is -0.388 e. The molecule has 0 aliphatic heterocycles. The number of carbonyl (C=O) groups excluding carboxylic acids is 1. The van der Waals surface area contributed by atoms with Gasteiger partial charge in [-0.05, 0) is 31.9 Å². The first-order chi connectivity index (χ1) is 9.59. The summed E-state index contributed by atoms with van der Waals surface area (Å²) in [6, 6.07) is 5.63. The molecule has 2 heterocycles. The maximum atomic E-state index is 12.4. The van der Waals surface area contributed by atoms with Crippen LogP contribution in [0.15, 0.2) is 24.4 Å². The summed E-state index contributed by atoms with van der Waals surface area (Å²) in [5.41, 5.74) is 1.27. The number of imidazole rings is 1. The molecule has 1 amide bonds. The third-order valence-corrected chi connectivity index (χ3v) is 4.03. The molecule has 0 unspecified atom stereocenters. The van der Waals surface area contributed by atoms with Gasteiger partial charge in [0.25, 0.3) is 5.91 Å². The molecule has 20 heavy (non-hydrogen) atoms. The number of rotatable bonds is 3. The van der Waals surface area contributed by atoms with Crippen LogP contribution in [-0.2, 0) is 0 Å². The molecule has 3 rings (SSSR count). The number of hydrogen-bond donors (Lipinski definition) is 2. The molecule has 2 N–H and O–H groups in total. The smallest absolute Gasteiger partial charge is 0.270 e. The molecular weight excluding hydrogens is 254 g/mol. The highest BCUT2D eigenvalue weighted by Gasteiger charge is 2.31. The highest BCUT2D eigenvalue weighted by Crippen LogP contribution is 2.28. The SMILES string of the molecule is Cc1nc2ccccn2c1C(=O)NCC1(O)CCCC1. The zero-order valence-corrected chi connectivity index (χ0v) is 11.6. The Morgan fingerprint density at radius 1 is 1.45 bits per heavy atom. The van der Waals surface area contributed by atoms with Crippen molar-refractivity contribution in [3.63, 3.8) is 0 Å². The van der Waals surface area contributed by atoms with Gasteiger partial charge in [-0.3, -0.25) is 9.20 Å². The topological polar surface area (TPSA) is 66.6 Å². The third kappa shape index (κ3) is 2.29. The molecule has 1 saturated carbocycles. The lowest BCUT2D eigenvalue weighted by molar-refractivity contribution is 0.0448. The van der Waals surface area contributed by atoms with Crippen molar-refractivity contribution < 1.29 is 9.90 Å². The van der Waals surface area contributed by atoms with Crippen molar-refractivity contribution in [1.29, 1.82) is 0 Å². The average Bonchev–Trinajstić information content (AvgIpc) is 2.99. The van der Waals surface area contributed by atoms with Crippen LogP contribution in [0.4, 0.5) is 0 Å². The number of aryl methyl sites for hydroxylation is 1. The quantitative estimate of drug-likeness (QED) is 0.894. The lowest BCUT2D eigenvalue weighted by atomic mass is 10.0. The molecule has 0 bridgehead atoms. The van der Waals surface area contributed by atoms with Gasteiger partial charge in [-0.2, -0.15) is 0 Å². The molecule has 0 aromatic carbocycles. The van der Waals surface area contributed by atoms with Crippen LogP contribution in [0.1, 0.15) is 41.9 Å². The number of aliphatic hydroxyl groups is 1. The number of fused-ring (bicyclic) bond motifs is 1. The van der Waals surface area contributed by atoms with Gasteiger partial charge in [-0.25, -0.2) is 4.98 Å². The predicted molar refractivity (Wildman–Crippen MR) is 75.7 cm³/mol. The number of pyridine rings is 1. The molecule has 0 atom stereocenters. The van der Waals surface area contributed by atoms with Gasteiger partial charge in [-0.15, -0.1) is 0 Å².